The summed E-state index contributed by atoms with van der Waals surface area (Å²) in [6, 6.07) is 7.60. The normalized spacial score (nSPS) is 12.6. The van der Waals surface area contributed by atoms with E-state index in [1.165, 1.54) is 0 Å². The zero-order valence-electron chi connectivity index (χ0n) is 9.28. The second kappa shape index (κ2) is 5.54. The van der Waals surface area contributed by atoms with Crippen molar-refractivity contribution in [2.24, 2.45) is 0 Å². The average molecular weight is 271 g/mol. The number of hydrogen-bond acceptors (Lipinski definition) is 3. The van der Waals surface area contributed by atoms with Crippen LogP contribution in [0.1, 0.15) is 24.3 Å². The van der Waals surface area contributed by atoms with Crippen LogP contribution in [0.5, 0.6) is 0 Å². The molecule has 0 radical (unpaired) electrons. The zero-order chi connectivity index (χ0) is 12.3. The average Bonchev–Trinajstić information content (AvgIpc) is 2.82. The van der Waals surface area contributed by atoms with Gasteiger partial charge in [0.05, 0.1) is 22.8 Å². The van der Waals surface area contributed by atoms with Gasteiger partial charge in [0, 0.05) is 12.1 Å². The summed E-state index contributed by atoms with van der Waals surface area (Å²) in [5.74, 6) is 0.803. The summed E-state index contributed by atoms with van der Waals surface area (Å²) in [7, 11) is 0. The molecular formula is C12H12Cl2N2O. The van der Waals surface area contributed by atoms with Gasteiger partial charge in [-0.05, 0) is 24.6 Å². The standard InChI is InChI=1S/C12H12Cl2N2O/c1-8(15-7-10-4-5-16-17-10)9-2-3-11(13)12(14)6-9/h2-6,8,15H,7H2,1H3. The Hall–Kier alpha value is -1.03. The van der Waals surface area contributed by atoms with Crippen LogP contribution in [0.4, 0.5) is 0 Å². The summed E-state index contributed by atoms with van der Waals surface area (Å²) in [6.07, 6.45) is 1.63. The van der Waals surface area contributed by atoms with Crippen molar-refractivity contribution in [3.8, 4) is 0 Å². The number of hydrogen-bond donors (Lipinski definition) is 1. The van der Waals surface area contributed by atoms with Gasteiger partial charge >= 0.3 is 0 Å². The minimum Gasteiger partial charge on any atom is -0.360 e. The van der Waals surface area contributed by atoms with Gasteiger partial charge in [0.2, 0.25) is 0 Å². The van der Waals surface area contributed by atoms with E-state index in [1.807, 2.05) is 18.2 Å². The summed E-state index contributed by atoms with van der Waals surface area (Å²) in [6.45, 7) is 2.68. The van der Waals surface area contributed by atoms with E-state index in [0.29, 0.717) is 16.6 Å². The van der Waals surface area contributed by atoms with E-state index >= 15 is 0 Å². The van der Waals surface area contributed by atoms with Gasteiger partial charge in [-0.2, -0.15) is 0 Å². The molecule has 1 atom stereocenters. The predicted octanol–water partition coefficient (Wildman–Crippen LogP) is 3.83. The predicted molar refractivity (Wildman–Crippen MR) is 68.2 cm³/mol. The quantitative estimate of drug-likeness (QED) is 0.918. The van der Waals surface area contributed by atoms with Gasteiger partial charge in [-0.15, -0.1) is 0 Å². The fraction of sp³-hybridized carbons (Fsp3) is 0.250. The number of nitrogens with zero attached hydrogens (tertiary/aromatic N) is 1. The van der Waals surface area contributed by atoms with Crippen molar-refractivity contribution in [3.05, 3.63) is 51.8 Å². The molecule has 1 unspecified atom stereocenters. The summed E-state index contributed by atoms with van der Waals surface area (Å²) < 4.78 is 5.00. The monoisotopic (exact) mass is 270 g/mol. The highest BCUT2D eigenvalue weighted by Crippen LogP contribution is 2.25. The molecule has 5 heteroatoms. The van der Waals surface area contributed by atoms with Crippen LogP contribution in [0, 0.1) is 0 Å². The number of aromatic nitrogens is 1. The summed E-state index contributed by atoms with van der Waals surface area (Å²) in [4.78, 5) is 0. The van der Waals surface area contributed by atoms with Crippen molar-refractivity contribution in [2.45, 2.75) is 19.5 Å². The van der Waals surface area contributed by atoms with Crippen LogP contribution in [-0.2, 0) is 6.54 Å². The Morgan fingerprint density at radius 1 is 1.29 bits per heavy atom. The van der Waals surface area contributed by atoms with E-state index < -0.39 is 0 Å². The lowest BCUT2D eigenvalue weighted by atomic mass is 10.1. The molecule has 0 aliphatic rings. The Labute approximate surface area is 110 Å². The molecule has 2 aromatic rings. The Morgan fingerprint density at radius 2 is 2.12 bits per heavy atom. The third-order valence-electron chi connectivity index (χ3n) is 2.52. The summed E-state index contributed by atoms with van der Waals surface area (Å²) in [5.41, 5.74) is 1.08. The molecular weight excluding hydrogens is 259 g/mol. The zero-order valence-corrected chi connectivity index (χ0v) is 10.8. The van der Waals surface area contributed by atoms with Crippen LogP contribution >= 0.6 is 23.2 Å². The lowest BCUT2D eigenvalue weighted by molar-refractivity contribution is 0.366. The largest absolute Gasteiger partial charge is 0.360 e. The van der Waals surface area contributed by atoms with Crippen LogP contribution in [0.2, 0.25) is 10.0 Å². The van der Waals surface area contributed by atoms with E-state index in [9.17, 15) is 0 Å². The number of nitrogens with one attached hydrogen (secondary N) is 1. The first-order chi connectivity index (χ1) is 8.16. The first-order valence-corrected chi connectivity index (χ1v) is 6.00. The van der Waals surface area contributed by atoms with Gasteiger partial charge in [0.1, 0.15) is 5.76 Å². The molecule has 90 valence electrons. The van der Waals surface area contributed by atoms with Gasteiger partial charge in [-0.1, -0.05) is 34.4 Å². The highest BCUT2D eigenvalue weighted by atomic mass is 35.5. The highest BCUT2D eigenvalue weighted by molar-refractivity contribution is 6.42. The summed E-state index contributed by atoms with van der Waals surface area (Å²) in [5, 5.41) is 8.09. The van der Waals surface area contributed by atoms with Crippen molar-refractivity contribution < 1.29 is 4.52 Å². The summed E-state index contributed by atoms with van der Waals surface area (Å²) >= 11 is 11.8. The molecule has 0 bridgehead atoms. The second-order valence-electron chi connectivity index (χ2n) is 3.75. The van der Waals surface area contributed by atoms with Crippen molar-refractivity contribution in [2.75, 3.05) is 0 Å². The fourth-order valence-corrected chi connectivity index (χ4v) is 1.79. The maximum atomic E-state index is 5.97. The molecule has 0 aliphatic heterocycles. The maximum absolute atomic E-state index is 5.97. The van der Waals surface area contributed by atoms with Crippen LogP contribution in [0.25, 0.3) is 0 Å². The minimum atomic E-state index is 0.162. The van der Waals surface area contributed by atoms with Gasteiger partial charge in [0.25, 0.3) is 0 Å². The molecule has 0 amide bonds. The molecule has 17 heavy (non-hydrogen) atoms. The fourth-order valence-electron chi connectivity index (χ4n) is 1.49. The molecule has 0 saturated heterocycles. The molecule has 0 spiro atoms. The molecule has 1 N–H and O–H groups in total. The van der Waals surface area contributed by atoms with Crippen molar-refractivity contribution in [1.29, 1.82) is 0 Å². The SMILES string of the molecule is CC(NCc1ccno1)c1ccc(Cl)c(Cl)c1. The second-order valence-corrected chi connectivity index (χ2v) is 4.57. The van der Waals surface area contributed by atoms with Crippen molar-refractivity contribution >= 4 is 23.2 Å². The number of halogens is 2. The van der Waals surface area contributed by atoms with Gasteiger partial charge in [-0.25, -0.2) is 0 Å². The Morgan fingerprint density at radius 3 is 2.76 bits per heavy atom. The lowest BCUT2D eigenvalue weighted by Crippen LogP contribution is -2.17. The van der Waals surface area contributed by atoms with Gasteiger partial charge in [-0.3, -0.25) is 0 Å². The Balaban J connectivity index is 1.99. The molecule has 3 nitrogen and oxygen atoms in total. The molecule has 0 fully saturated rings. The van der Waals surface area contributed by atoms with E-state index in [0.717, 1.165) is 11.3 Å². The van der Waals surface area contributed by atoms with Crippen molar-refractivity contribution in [1.82, 2.24) is 10.5 Å². The van der Waals surface area contributed by atoms with E-state index in [4.69, 9.17) is 27.7 Å². The molecule has 1 aromatic carbocycles. The van der Waals surface area contributed by atoms with Crippen LogP contribution < -0.4 is 5.32 Å². The third-order valence-corrected chi connectivity index (χ3v) is 3.26. The third kappa shape index (κ3) is 3.22. The van der Waals surface area contributed by atoms with Crippen molar-refractivity contribution in [3.63, 3.8) is 0 Å². The van der Waals surface area contributed by atoms with E-state index in [1.54, 1.807) is 12.3 Å². The molecule has 1 heterocycles. The smallest absolute Gasteiger partial charge is 0.150 e. The lowest BCUT2D eigenvalue weighted by Gasteiger charge is -2.13. The van der Waals surface area contributed by atoms with Crippen LogP contribution in [0.15, 0.2) is 35.0 Å². The molecule has 0 aliphatic carbocycles. The van der Waals surface area contributed by atoms with Crippen LogP contribution in [-0.4, -0.2) is 5.16 Å². The highest BCUT2D eigenvalue weighted by Gasteiger charge is 2.08. The molecule has 0 saturated carbocycles. The first kappa shape index (κ1) is 12.4. The first-order valence-electron chi connectivity index (χ1n) is 5.24. The Kier molecular flexibility index (Phi) is 4.05. The maximum Gasteiger partial charge on any atom is 0.150 e. The van der Waals surface area contributed by atoms with Gasteiger partial charge in [0.15, 0.2) is 0 Å². The van der Waals surface area contributed by atoms with E-state index in [-0.39, 0.29) is 6.04 Å². The molecule has 1 aromatic heterocycles. The number of rotatable bonds is 4. The van der Waals surface area contributed by atoms with E-state index in [2.05, 4.69) is 17.4 Å². The molecule has 2 rings (SSSR count). The topological polar surface area (TPSA) is 38.1 Å². The Bertz CT molecular complexity index is 485. The van der Waals surface area contributed by atoms with Gasteiger partial charge < -0.3 is 9.84 Å². The number of benzene rings is 1. The minimum absolute atomic E-state index is 0.162. The van der Waals surface area contributed by atoms with Crippen LogP contribution in [0.3, 0.4) is 0 Å².